The number of likely N-dealkylation sites (tertiary alicyclic amines) is 1. The predicted molar refractivity (Wildman–Crippen MR) is 133 cm³/mol. The molecule has 1 aromatic rings. The fourth-order valence-electron chi connectivity index (χ4n) is 3.65. The van der Waals surface area contributed by atoms with E-state index in [9.17, 15) is 0 Å². The Morgan fingerprint density at radius 2 is 2.03 bits per heavy atom. The number of likely N-dealkylation sites (N-methyl/N-ethyl adjacent to an activating group) is 1. The van der Waals surface area contributed by atoms with Crippen LogP contribution in [0.4, 0.5) is 0 Å². The van der Waals surface area contributed by atoms with Crippen molar-refractivity contribution >= 4 is 29.9 Å². The highest BCUT2D eigenvalue weighted by Crippen LogP contribution is 2.20. The second kappa shape index (κ2) is 15.0. The summed E-state index contributed by atoms with van der Waals surface area (Å²) in [4.78, 5) is 9.63. The van der Waals surface area contributed by atoms with Gasteiger partial charge in [-0.2, -0.15) is 0 Å². The van der Waals surface area contributed by atoms with E-state index >= 15 is 0 Å². The molecule has 0 bridgehead atoms. The monoisotopic (exact) mass is 517 g/mol. The van der Waals surface area contributed by atoms with E-state index in [2.05, 4.69) is 71.7 Å². The van der Waals surface area contributed by atoms with Gasteiger partial charge in [-0.25, -0.2) is 0 Å². The van der Waals surface area contributed by atoms with Crippen LogP contribution in [-0.2, 0) is 11.3 Å². The van der Waals surface area contributed by atoms with Crippen LogP contribution in [0.1, 0.15) is 32.3 Å². The molecule has 1 aliphatic heterocycles. The fraction of sp³-hybridized carbons (Fsp3) is 0.682. The maximum absolute atomic E-state index is 5.12. The molecule has 1 aromatic carbocycles. The van der Waals surface area contributed by atoms with Gasteiger partial charge in [0.1, 0.15) is 0 Å². The Balaban J connectivity index is 0.00000420. The van der Waals surface area contributed by atoms with Crippen molar-refractivity contribution < 1.29 is 4.74 Å². The number of hydrogen-bond donors (Lipinski definition) is 2. The Bertz CT molecular complexity index is 572. The average Bonchev–Trinajstić information content (AvgIpc) is 3.03. The topological polar surface area (TPSA) is 52.1 Å². The van der Waals surface area contributed by atoms with Gasteiger partial charge in [-0.05, 0) is 45.8 Å². The molecule has 1 saturated heterocycles. The highest BCUT2D eigenvalue weighted by atomic mass is 127. The summed E-state index contributed by atoms with van der Waals surface area (Å²) in [5.41, 5.74) is 1.38. The molecule has 0 radical (unpaired) electrons. The summed E-state index contributed by atoms with van der Waals surface area (Å²) in [5.74, 6) is 0.945. The van der Waals surface area contributed by atoms with Gasteiger partial charge in [0.2, 0.25) is 0 Å². The first-order valence-electron chi connectivity index (χ1n) is 10.6. The summed E-state index contributed by atoms with van der Waals surface area (Å²) < 4.78 is 5.12. The van der Waals surface area contributed by atoms with Crippen LogP contribution in [-0.4, -0.2) is 81.3 Å². The third-order valence-electron chi connectivity index (χ3n) is 5.26. The molecule has 2 unspecified atom stereocenters. The zero-order valence-corrected chi connectivity index (χ0v) is 20.9. The first-order valence-corrected chi connectivity index (χ1v) is 10.6. The van der Waals surface area contributed by atoms with Crippen molar-refractivity contribution in [1.29, 1.82) is 0 Å². The quantitative estimate of drug-likeness (QED) is 0.205. The van der Waals surface area contributed by atoms with Crippen LogP contribution in [0.15, 0.2) is 35.3 Å². The van der Waals surface area contributed by atoms with E-state index < -0.39 is 0 Å². The molecule has 6 nitrogen and oxygen atoms in total. The molecule has 0 saturated carbocycles. The molecule has 2 atom stereocenters. The Morgan fingerprint density at radius 3 is 2.72 bits per heavy atom. The molecule has 2 N–H and O–H groups in total. The summed E-state index contributed by atoms with van der Waals surface area (Å²) in [6.07, 6.45) is 2.20. The maximum atomic E-state index is 5.12. The number of ether oxygens (including phenoxy) is 1. The average molecular weight is 518 g/mol. The van der Waals surface area contributed by atoms with Crippen molar-refractivity contribution in [3.8, 4) is 0 Å². The minimum atomic E-state index is 0. The third-order valence-corrected chi connectivity index (χ3v) is 5.26. The smallest absolute Gasteiger partial charge is 0.191 e. The molecular formula is C22H40IN5O. The van der Waals surface area contributed by atoms with Gasteiger partial charge >= 0.3 is 0 Å². The number of nitrogens with one attached hydrogen (secondary N) is 2. The van der Waals surface area contributed by atoms with E-state index in [-0.39, 0.29) is 24.0 Å². The lowest BCUT2D eigenvalue weighted by Crippen LogP contribution is -2.44. The van der Waals surface area contributed by atoms with Gasteiger partial charge in [-0.3, -0.25) is 9.89 Å². The van der Waals surface area contributed by atoms with E-state index in [0.29, 0.717) is 12.1 Å². The predicted octanol–water partition coefficient (Wildman–Crippen LogP) is 2.79. The number of benzene rings is 1. The van der Waals surface area contributed by atoms with Crippen LogP contribution >= 0.6 is 24.0 Å². The Hall–Kier alpha value is -0.900. The molecule has 1 fully saturated rings. The molecule has 0 amide bonds. The van der Waals surface area contributed by atoms with Gasteiger partial charge in [0.25, 0.3) is 0 Å². The summed E-state index contributed by atoms with van der Waals surface area (Å²) >= 11 is 0. The molecule has 0 spiro atoms. The first kappa shape index (κ1) is 26.1. The molecule has 0 aromatic heterocycles. The SMILES string of the molecule is CCNC(=NCCCN(C)CCOC)NC1CC(C)N(Cc2ccccc2)C1.I. The minimum absolute atomic E-state index is 0. The van der Waals surface area contributed by atoms with Crippen molar-refractivity contribution in [2.24, 2.45) is 4.99 Å². The maximum Gasteiger partial charge on any atom is 0.191 e. The van der Waals surface area contributed by atoms with Crippen LogP contribution in [0, 0.1) is 0 Å². The number of aliphatic imine (C=N–C) groups is 1. The normalized spacial score (nSPS) is 20.0. The fourth-order valence-corrected chi connectivity index (χ4v) is 3.65. The highest BCUT2D eigenvalue weighted by Gasteiger charge is 2.29. The Kier molecular flexibility index (Phi) is 13.5. The number of nitrogens with zero attached hydrogens (tertiary/aromatic N) is 3. The zero-order valence-electron chi connectivity index (χ0n) is 18.6. The third kappa shape index (κ3) is 10.1. The van der Waals surface area contributed by atoms with Crippen LogP contribution in [0.2, 0.25) is 0 Å². The number of halogens is 1. The lowest BCUT2D eigenvalue weighted by Gasteiger charge is -2.21. The minimum Gasteiger partial charge on any atom is -0.383 e. The van der Waals surface area contributed by atoms with Crippen LogP contribution < -0.4 is 10.6 Å². The van der Waals surface area contributed by atoms with Crippen molar-refractivity contribution in [1.82, 2.24) is 20.4 Å². The van der Waals surface area contributed by atoms with E-state index in [1.165, 1.54) is 5.56 Å². The molecule has 166 valence electrons. The first-order chi connectivity index (χ1) is 13.6. The lowest BCUT2D eigenvalue weighted by atomic mass is 10.2. The van der Waals surface area contributed by atoms with Gasteiger partial charge in [-0.1, -0.05) is 30.3 Å². The second-order valence-electron chi connectivity index (χ2n) is 7.75. The van der Waals surface area contributed by atoms with Gasteiger partial charge in [0, 0.05) is 51.9 Å². The Labute approximate surface area is 194 Å². The molecule has 1 aliphatic rings. The molecule has 0 aliphatic carbocycles. The molecule has 29 heavy (non-hydrogen) atoms. The van der Waals surface area contributed by atoms with Crippen LogP contribution in [0.5, 0.6) is 0 Å². The highest BCUT2D eigenvalue weighted by molar-refractivity contribution is 14.0. The number of methoxy groups -OCH3 is 1. The summed E-state index contributed by atoms with van der Waals surface area (Å²) in [7, 11) is 3.88. The Morgan fingerprint density at radius 1 is 1.28 bits per heavy atom. The lowest BCUT2D eigenvalue weighted by molar-refractivity contribution is 0.161. The van der Waals surface area contributed by atoms with Crippen molar-refractivity contribution in [3.05, 3.63) is 35.9 Å². The summed E-state index contributed by atoms with van der Waals surface area (Å²) in [5, 5.41) is 7.05. The van der Waals surface area contributed by atoms with Gasteiger partial charge < -0.3 is 20.3 Å². The van der Waals surface area contributed by atoms with E-state index in [4.69, 9.17) is 9.73 Å². The van der Waals surface area contributed by atoms with Gasteiger partial charge in [-0.15, -0.1) is 24.0 Å². The van der Waals surface area contributed by atoms with Crippen molar-refractivity contribution in [2.75, 3.05) is 53.5 Å². The van der Waals surface area contributed by atoms with E-state index in [1.807, 2.05) is 0 Å². The standard InChI is InChI=1S/C22H39N5O.HI/c1-5-23-22(24-12-9-13-26(3)14-15-28-4)25-21-16-19(2)27(18-21)17-20-10-7-6-8-11-20;/h6-8,10-11,19,21H,5,9,12-18H2,1-4H3,(H2,23,24,25);1H. The van der Waals surface area contributed by atoms with E-state index in [0.717, 1.165) is 64.7 Å². The molecule has 7 heteroatoms. The molecule has 2 rings (SSSR count). The summed E-state index contributed by atoms with van der Waals surface area (Å²) in [6.45, 7) is 11.0. The van der Waals surface area contributed by atoms with Crippen LogP contribution in [0.25, 0.3) is 0 Å². The van der Waals surface area contributed by atoms with Gasteiger partial charge in [0.05, 0.1) is 6.61 Å². The number of guanidine groups is 1. The molecule has 1 heterocycles. The second-order valence-corrected chi connectivity index (χ2v) is 7.75. The largest absolute Gasteiger partial charge is 0.383 e. The summed E-state index contributed by atoms with van der Waals surface area (Å²) in [6, 6.07) is 11.8. The number of rotatable bonds is 11. The van der Waals surface area contributed by atoms with Crippen molar-refractivity contribution in [2.45, 2.75) is 45.3 Å². The van der Waals surface area contributed by atoms with E-state index in [1.54, 1.807) is 7.11 Å². The zero-order chi connectivity index (χ0) is 20.2. The van der Waals surface area contributed by atoms with Crippen LogP contribution in [0.3, 0.4) is 0 Å². The van der Waals surface area contributed by atoms with Crippen molar-refractivity contribution in [3.63, 3.8) is 0 Å². The number of hydrogen-bond acceptors (Lipinski definition) is 4. The van der Waals surface area contributed by atoms with Gasteiger partial charge in [0.15, 0.2) is 5.96 Å². The molecular weight excluding hydrogens is 477 g/mol.